The van der Waals surface area contributed by atoms with Crippen molar-refractivity contribution in [2.24, 2.45) is 11.7 Å². The highest BCUT2D eigenvalue weighted by atomic mass is 19.1. The number of aryl methyl sites for hydroxylation is 1. The van der Waals surface area contributed by atoms with Gasteiger partial charge in [-0.05, 0) is 54.9 Å². The number of benzene rings is 1. The molecule has 1 atom stereocenters. The van der Waals surface area contributed by atoms with Gasteiger partial charge >= 0.3 is 6.03 Å². The number of nitrogens with one attached hydrogen (secondary N) is 1. The Balaban J connectivity index is 1.81. The van der Waals surface area contributed by atoms with Crippen molar-refractivity contribution in [2.45, 2.75) is 38.3 Å². The van der Waals surface area contributed by atoms with Crippen molar-refractivity contribution in [3.8, 4) is 0 Å². The Morgan fingerprint density at radius 2 is 2.05 bits per heavy atom. The third-order valence-electron chi connectivity index (χ3n) is 4.52. The number of fused-ring (bicyclic) bond motifs is 1. The van der Waals surface area contributed by atoms with E-state index in [4.69, 9.17) is 5.73 Å². The Morgan fingerprint density at radius 3 is 2.73 bits per heavy atom. The molecule has 0 aromatic heterocycles. The van der Waals surface area contributed by atoms with Crippen LogP contribution in [0.3, 0.4) is 0 Å². The van der Waals surface area contributed by atoms with Gasteiger partial charge in [-0.3, -0.25) is 4.79 Å². The van der Waals surface area contributed by atoms with Gasteiger partial charge in [0.1, 0.15) is 5.82 Å². The fourth-order valence-corrected chi connectivity index (χ4v) is 3.25. The molecule has 3 rings (SSSR count). The largest absolute Gasteiger partial charge is 0.352 e. The first-order chi connectivity index (χ1) is 10.5. The van der Waals surface area contributed by atoms with Gasteiger partial charge in [-0.15, -0.1) is 0 Å². The maximum Gasteiger partial charge on any atom is 0.312 e. The number of carbonyl (C=O) groups excluding carboxylic acids is 2. The topological polar surface area (TPSA) is 75.4 Å². The molecule has 0 bridgehead atoms. The molecule has 1 aliphatic carbocycles. The summed E-state index contributed by atoms with van der Waals surface area (Å²) < 4.78 is 13.4. The highest BCUT2D eigenvalue weighted by molar-refractivity contribution is 5.83. The molecule has 1 fully saturated rings. The SMILES string of the molecule is NC(=O)NCC(=O)N1Cc2ccc(F)cc2CC[C@H]1C1CC1. The van der Waals surface area contributed by atoms with Crippen molar-refractivity contribution in [1.29, 1.82) is 0 Å². The van der Waals surface area contributed by atoms with Crippen molar-refractivity contribution in [1.82, 2.24) is 10.2 Å². The second kappa shape index (κ2) is 5.94. The van der Waals surface area contributed by atoms with Crippen LogP contribution >= 0.6 is 0 Å². The molecule has 1 aliphatic heterocycles. The first-order valence-electron chi connectivity index (χ1n) is 7.64. The lowest BCUT2D eigenvalue weighted by molar-refractivity contribution is -0.133. The fraction of sp³-hybridized carbons (Fsp3) is 0.500. The molecule has 2 aliphatic rings. The predicted octanol–water partition coefficient (Wildman–Crippen LogP) is 1.55. The number of primary amides is 1. The molecule has 0 saturated heterocycles. The van der Waals surface area contributed by atoms with Crippen LogP contribution in [-0.4, -0.2) is 29.4 Å². The van der Waals surface area contributed by atoms with Crippen molar-refractivity contribution >= 4 is 11.9 Å². The maximum atomic E-state index is 13.4. The smallest absolute Gasteiger partial charge is 0.312 e. The van der Waals surface area contributed by atoms with Crippen molar-refractivity contribution < 1.29 is 14.0 Å². The van der Waals surface area contributed by atoms with E-state index >= 15 is 0 Å². The van der Waals surface area contributed by atoms with Crippen LogP contribution in [0.1, 0.15) is 30.4 Å². The van der Waals surface area contributed by atoms with Crippen LogP contribution in [-0.2, 0) is 17.8 Å². The van der Waals surface area contributed by atoms with E-state index in [2.05, 4.69) is 5.32 Å². The van der Waals surface area contributed by atoms with E-state index in [1.54, 1.807) is 12.1 Å². The number of hydrogen-bond donors (Lipinski definition) is 2. The molecule has 22 heavy (non-hydrogen) atoms. The highest BCUT2D eigenvalue weighted by Gasteiger charge is 2.38. The van der Waals surface area contributed by atoms with E-state index in [0.29, 0.717) is 12.5 Å². The maximum absolute atomic E-state index is 13.4. The Hall–Kier alpha value is -2.11. The number of carbonyl (C=O) groups is 2. The number of amides is 3. The lowest BCUT2D eigenvalue weighted by atomic mass is 10.0. The molecule has 0 radical (unpaired) electrons. The van der Waals surface area contributed by atoms with Crippen LogP contribution in [0.15, 0.2) is 18.2 Å². The standard InChI is InChI=1S/C16H20FN3O2/c17-13-5-3-12-9-20(15(21)8-19-16(18)22)14(10-1-2-10)6-4-11(12)7-13/h3,5,7,10,14H,1-2,4,6,8-9H2,(H3,18,19,22)/t14-/m0/s1. The third kappa shape index (κ3) is 3.21. The number of hydrogen-bond acceptors (Lipinski definition) is 2. The molecule has 1 heterocycles. The summed E-state index contributed by atoms with van der Waals surface area (Å²) in [7, 11) is 0. The monoisotopic (exact) mass is 305 g/mol. The Bertz CT molecular complexity index is 601. The molecule has 0 spiro atoms. The van der Waals surface area contributed by atoms with Gasteiger partial charge in [-0.25, -0.2) is 9.18 Å². The van der Waals surface area contributed by atoms with E-state index in [-0.39, 0.29) is 24.3 Å². The van der Waals surface area contributed by atoms with Gasteiger partial charge in [-0.2, -0.15) is 0 Å². The van der Waals surface area contributed by atoms with E-state index in [1.807, 2.05) is 4.90 Å². The van der Waals surface area contributed by atoms with E-state index in [9.17, 15) is 14.0 Å². The number of nitrogens with zero attached hydrogens (tertiary/aromatic N) is 1. The first-order valence-corrected chi connectivity index (χ1v) is 7.64. The third-order valence-corrected chi connectivity index (χ3v) is 4.52. The normalized spacial score (nSPS) is 21.0. The summed E-state index contributed by atoms with van der Waals surface area (Å²) in [4.78, 5) is 25.1. The summed E-state index contributed by atoms with van der Waals surface area (Å²) >= 11 is 0. The molecular formula is C16H20FN3O2. The summed E-state index contributed by atoms with van der Waals surface area (Å²) in [6.45, 7) is 0.380. The van der Waals surface area contributed by atoms with Gasteiger partial charge in [0.15, 0.2) is 0 Å². The zero-order chi connectivity index (χ0) is 15.7. The first kappa shape index (κ1) is 14.8. The summed E-state index contributed by atoms with van der Waals surface area (Å²) in [6.07, 6.45) is 3.87. The van der Waals surface area contributed by atoms with Crippen molar-refractivity contribution in [2.75, 3.05) is 6.54 Å². The van der Waals surface area contributed by atoms with E-state index in [1.165, 1.54) is 6.07 Å². The Morgan fingerprint density at radius 1 is 1.27 bits per heavy atom. The molecule has 6 heteroatoms. The number of urea groups is 1. The van der Waals surface area contributed by atoms with Gasteiger partial charge in [-0.1, -0.05) is 6.07 Å². The molecule has 1 aromatic carbocycles. The Labute approximate surface area is 128 Å². The van der Waals surface area contributed by atoms with Crippen LogP contribution in [0.5, 0.6) is 0 Å². The Kier molecular flexibility index (Phi) is 4.00. The second-order valence-corrected chi connectivity index (χ2v) is 6.10. The number of nitrogens with two attached hydrogens (primary N) is 1. The highest BCUT2D eigenvalue weighted by Crippen LogP contribution is 2.39. The molecule has 1 saturated carbocycles. The molecule has 0 unspecified atom stereocenters. The molecule has 3 amide bonds. The van der Waals surface area contributed by atoms with Gasteiger partial charge in [0.05, 0.1) is 6.54 Å². The zero-order valence-corrected chi connectivity index (χ0v) is 12.3. The van der Waals surface area contributed by atoms with E-state index < -0.39 is 6.03 Å². The lowest BCUT2D eigenvalue weighted by Gasteiger charge is -2.30. The van der Waals surface area contributed by atoms with Gasteiger partial charge in [0.2, 0.25) is 5.91 Å². The molecule has 1 aromatic rings. The average Bonchev–Trinajstić information content (AvgIpc) is 3.29. The summed E-state index contributed by atoms with van der Waals surface area (Å²) in [5.41, 5.74) is 7.00. The van der Waals surface area contributed by atoms with Crippen LogP contribution in [0.4, 0.5) is 9.18 Å². The molecule has 3 N–H and O–H groups in total. The van der Waals surface area contributed by atoms with Crippen LogP contribution in [0, 0.1) is 11.7 Å². The van der Waals surface area contributed by atoms with Crippen LogP contribution < -0.4 is 11.1 Å². The predicted molar refractivity (Wildman–Crippen MR) is 79.4 cm³/mol. The van der Waals surface area contributed by atoms with Gasteiger partial charge < -0.3 is 16.0 Å². The van der Waals surface area contributed by atoms with Gasteiger partial charge in [0, 0.05) is 12.6 Å². The number of rotatable bonds is 3. The minimum absolute atomic E-state index is 0.0882. The average molecular weight is 305 g/mol. The minimum Gasteiger partial charge on any atom is -0.352 e. The fourth-order valence-electron chi connectivity index (χ4n) is 3.25. The molecule has 118 valence electrons. The molecule has 5 nitrogen and oxygen atoms in total. The molecular weight excluding hydrogens is 285 g/mol. The number of halogens is 1. The second-order valence-electron chi connectivity index (χ2n) is 6.10. The summed E-state index contributed by atoms with van der Waals surface area (Å²) in [6, 6.07) is 4.21. The summed E-state index contributed by atoms with van der Waals surface area (Å²) in [5.74, 6) is 0.154. The lowest BCUT2D eigenvalue weighted by Crippen LogP contribution is -2.46. The van der Waals surface area contributed by atoms with Gasteiger partial charge in [0.25, 0.3) is 0 Å². The zero-order valence-electron chi connectivity index (χ0n) is 12.3. The van der Waals surface area contributed by atoms with Crippen molar-refractivity contribution in [3.63, 3.8) is 0 Å². The minimum atomic E-state index is -0.700. The summed E-state index contributed by atoms with van der Waals surface area (Å²) in [5, 5.41) is 2.36. The van der Waals surface area contributed by atoms with Crippen LogP contribution in [0.25, 0.3) is 0 Å². The quantitative estimate of drug-likeness (QED) is 0.889. The van der Waals surface area contributed by atoms with Crippen LogP contribution in [0.2, 0.25) is 0 Å². The van der Waals surface area contributed by atoms with Crippen molar-refractivity contribution in [3.05, 3.63) is 35.1 Å². The van der Waals surface area contributed by atoms with E-state index in [0.717, 1.165) is 36.8 Å².